The molecule has 0 aliphatic carbocycles. The third-order valence-electron chi connectivity index (χ3n) is 10.2. The van der Waals surface area contributed by atoms with Crippen LogP contribution >= 0.6 is 0 Å². The number of hydrogen-bond acceptors (Lipinski definition) is 3. The molecule has 49 heavy (non-hydrogen) atoms. The van der Waals surface area contributed by atoms with Gasteiger partial charge in [0, 0.05) is 27.1 Å². The van der Waals surface area contributed by atoms with Gasteiger partial charge in [-0.15, -0.1) is 0 Å². The Morgan fingerprint density at radius 2 is 0.959 bits per heavy atom. The minimum absolute atomic E-state index is 0.818. The molecule has 11 aromatic rings. The van der Waals surface area contributed by atoms with Gasteiger partial charge < -0.3 is 13.3 Å². The van der Waals surface area contributed by atoms with E-state index in [0.717, 1.165) is 71.5 Å². The summed E-state index contributed by atoms with van der Waals surface area (Å²) in [5, 5.41) is 10.3. The highest BCUT2D eigenvalue weighted by molar-refractivity contribution is 6.26. The predicted molar refractivity (Wildman–Crippen MR) is 202 cm³/mol. The average Bonchev–Trinajstić information content (AvgIpc) is 3.87. The Kier molecular flexibility index (Phi) is 5.38. The van der Waals surface area contributed by atoms with Crippen molar-refractivity contribution in [1.29, 1.82) is 0 Å². The second-order valence-electron chi connectivity index (χ2n) is 12.8. The molecule has 0 bridgehead atoms. The SMILES string of the molecule is c1ccc(-c2coc3ccc4c5cc(-c6c7ccccc7c(-c7cccc8oc9ccccc9c78)c7ccccc67)ccc5oc4c23)cc1. The van der Waals surface area contributed by atoms with Gasteiger partial charge in [-0.05, 0) is 85.8 Å². The van der Waals surface area contributed by atoms with Crippen LogP contribution in [0.25, 0.3) is 110 Å². The molecule has 8 aromatic carbocycles. The molecule has 3 heterocycles. The lowest BCUT2D eigenvalue weighted by molar-refractivity contribution is 0.616. The van der Waals surface area contributed by atoms with Crippen LogP contribution < -0.4 is 0 Å². The van der Waals surface area contributed by atoms with Crippen LogP contribution in [0.4, 0.5) is 0 Å². The summed E-state index contributed by atoms with van der Waals surface area (Å²) in [6, 6.07) is 53.5. The number of benzene rings is 8. The fourth-order valence-corrected chi connectivity index (χ4v) is 8.05. The van der Waals surface area contributed by atoms with Gasteiger partial charge in [0.25, 0.3) is 0 Å². The lowest BCUT2D eigenvalue weighted by atomic mass is 9.84. The third-order valence-corrected chi connectivity index (χ3v) is 10.2. The van der Waals surface area contributed by atoms with Crippen molar-refractivity contribution in [2.24, 2.45) is 0 Å². The highest BCUT2D eigenvalue weighted by Gasteiger charge is 2.22. The molecule has 3 nitrogen and oxygen atoms in total. The Morgan fingerprint density at radius 1 is 0.327 bits per heavy atom. The predicted octanol–water partition coefficient (Wildman–Crippen LogP) is 13.5. The maximum absolute atomic E-state index is 6.63. The quantitative estimate of drug-likeness (QED) is 0.183. The molecule has 0 N–H and O–H groups in total. The van der Waals surface area contributed by atoms with Gasteiger partial charge in [0.1, 0.15) is 27.9 Å². The van der Waals surface area contributed by atoms with Gasteiger partial charge >= 0.3 is 0 Å². The molecule has 3 heteroatoms. The minimum Gasteiger partial charge on any atom is -0.464 e. The van der Waals surface area contributed by atoms with Crippen LogP contribution in [0.5, 0.6) is 0 Å². The van der Waals surface area contributed by atoms with Crippen LogP contribution in [0.1, 0.15) is 0 Å². The molecular formula is C46H26O3. The lowest BCUT2D eigenvalue weighted by Crippen LogP contribution is -1.91. The standard InChI is InChI=1S/C46H26O3/c1-2-11-27(12-3-1)37-26-47-40-24-22-33-36-25-28(21-23-39(36)49-46(33)45(37)40)42-29-13-4-6-15-31(29)43(32-16-7-5-14-30(32)42)35-18-10-20-41-44(35)34-17-8-9-19-38(34)48-41/h1-26H. The zero-order chi connectivity index (χ0) is 32.1. The molecule has 0 atom stereocenters. The van der Waals surface area contributed by atoms with Crippen molar-refractivity contribution in [3.05, 3.63) is 158 Å². The highest BCUT2D eigenvalue weighted by atomic mass is 16.3. The first-order chi connectivity index (χ1) is 24.3. The molecule has 0 saturated carbocycles. The second kappa shape index (κ2) is 9.96. The lowest BCUT2D eigenvalue weighted by Gasteiger charge is -2.18. The van der Waals surface area contributed by atoms with Gasteiger partial charge in [-0.25, -0.2) is 0 Å². The van der Waals surface area contributed by atoms with E-state index in [1.165, 1.54) is 38.2 Å². The summed E-state index contributed by atoms with van der Waals surface area (Å²) < 4.78 is 19.0. The van der Waals surface area contributed by atoms with E-state index in [-0.39, 0.29) is 0 Å². The van der Waals surface area contributed by atoms with Crippen LogP contribution in [0, 0.1) is 0 Å². The van der Waals surface area contributed by atoms with Gasteiger partial charge in [0.2, 0.25) is 0 Å². The molecule has 0 unspecified atom stereocenters. The topological polar surface area (TPSA) is 39.4 Å². The molecule has 11 rings (SSSR count). The van der Waals surface area contributed by atoms with Crippen molar-refractivity contribution >= 4 is 76.4 Å². The fraction of sp³-hybridized carbons (Fsp3) is 0. The Labute approximate surface area is 280 Å². The van der Waals surface area contributed by atoms with Crippen molar-refractivity contribution < 1.29 is 13.3 Å². The largest absolute Gasteiger partial charge is 0.464 e. The van der Waals surface area contributed by atoms with Gasteiger partial charge in [-0.3, -0.25) is 0 Å². The monoisotopic (exact) mass is 626 g/mol. The van der Waals surface area contributed by atoms with Crippen LogP contribution in [-0.4, -0.2) is 0 Å². The van der Waals surface area contributed by atoms with Gasteiger partial charge in [0.15, 0.2) is 0 Å². The summed E-state index contributed by atoms with van der Waals surface area (Å²) in [6.45, 7) is 0. The molecule has 0 aliphatic heterocycles. The van der Waals surface area contributed by atoms with Crippen molar-refractivity contribution in [2.45, 2.75) is 0 Å². The number of para-hydroxylation sites is 1. The molecular weight excluding hydrogens is 601 g/mol. The first-order valence-corrected chi connectivity index (χ1v) is 16.6. The number of rotatable bonds is 3. The number of fused-ring (bicyclic) bond motifs is 10. The molecule has 0 fully saturated rings. The smallest absolute Gasteiger partial charge is 0.147 e. The molecule has 0 amide bonds. The van der Waals surface area contributed by atoms with E-state index in [9.17, 15) is 0 Å². The molecule has 228 valence electrons. The highest BCUT2D eigenvalue weighted by Crippen LogP contribution is 2.48. The van der Waals surface area contributed by atoms with E-state index < -0.39 is 0 Å². The summed E-state index contributed by atoms with van der Waals surface area (Å²) >= 11 is 0. The minimum atomic E-state index is 0.818. The van der Waals surface area contributed by atoms with Crippen LogP contribution in [0.2, 0.25) is 0 Å². The molecule has 3 aromatic heterocycles. The maximum atomic E-state index is 6.63. The van der Waals surface area contributed by atoms with Crippen LogP contribution in [0.15, 0.2) is 171 Å². The first-order valence-electron chi connectivity index (χ1n) is 16.6. The summed E-state index contributed by atoms with van der Waals surface area (Å²) in [6.07, 6.45) is 1.84. The third kappa shape index (κ3) is 3.73. The Balaban J connectivity index is 1.20. The van der Waals surface area contributed by atoms with E-state index >= 15 is 0 Å². The van der Waals surface area contributed by atoms with E-state index in [0.29, 0.717) is 0 Å². The Morgan fingerprint density at radius 3 is 1.73 bits per heavy atom. The van der Waals surface area contributed by atoms with Crippen LogP contribution in [-0.2, 0) is 0 Å². The van der Waals surface area contributed by atoms with E-state index in [1.807, 2.05) is 24.5 Å². The second-order valence-corrected chi connectivity index (χ2v) is 12.8. The van der Waals surface area contributed by atoms with Crippen molar-refractivity contribution in [1.82, 2.24) is 0 Å². The van der Waals surface area contributed by atoms with Crippen molar-refractivity contribution in [3.63, 3.8) is 0 Å². The molecule has 0 saturated heterocycles. The zero-order valence-electron chi connectivity index (χ0n) is 26.2. The van der Waals surface area contributed by atoms with Gasteiger partial charge in [0.05, 0.1) is 11.6 Å². The zero-order valence-corrected chi connectivity index (χ0v) is 26.2. The average molecular weight is 627 g/mol. The first kappa shape index (κ1) is 26.5. The van der Waals surface area contributed by atoms with E-state index in [4.69, 9.17) is 13.3 Å². The Hall–Kier alpha value is -6.58. The molecule has 0 radical (unpaired) electrons. The van der Waals surface area contributed by atoms with E-state index in [2.05, 4.69) is 133 Å². The number of hydrogen-bond donors (Lipinski definition) is 0. The summed E-state index contributed by atoms with van der Waals surface area (Å²) in [5.74, 6) is 0. The Bertz CT molecular complexity index is 3040. The normalized spacial score (nSPS) is 12.1. The molecule has 0 aliphatic rings. The summed E-state index contributed by atoms with van der Waals surface area (Å²) in [7, 11) is 0. The van der Waals surface area contributed by atoms with Gasteiger partial charge in [-0.1, -0.05) is 115 Å². The van der Waals surface area contributed by atoms with Crippen molar-refractivity contribution in [3.8, 4) is 33.4 Å². The van der Waals surface area contributed by atoms with Crippen molar-refractivity contribution in [2.75, 3.05) is 0 Å². The van der Waals surface area contributed by atoms with E-state index in [1.54, 1.807) is 0 Å². The van der Waals surface area contributed by atoms with Crippen LogP contribution in [0.3, 0.4) is 0 Å². The maximum Gasteiger partial charge on any atom is 0.147 e. The number of furan rings is 3. The fourth-order valence-electron chi connectivity index (χ4n) is 8.05. The molecule has 0 spiro atoms. The summed E-state index contributed by atoms with van der Waals surface area (Å²) in [5.41, 5.74) is 11.2. The van der Waals surface area contributed by atoms with Gasteiger partial charge in [-0.2, -0.15) is 0 Å². The summed E-state index contributed by atoms with van der Waals surface area (Å²) in [4.78, 5) is 0.